The molecule has 4 bridgehead atoms. The minimum absolute atomic E-state index is 0.150. The van der Waals surface area contributed by atoms with Crippen LogP contribution in [0.15, 0.2) is 0 Å². The van der Waals surface area contributed by atoms with Crippen LogP contribution >= 0.6 is 0 Å². The molecule has 4 rings (SSSR count). The Balaban J connectivity index is 1.82. The molecule has 0 heterocycles. The van der Waals surface area contributed by atoms with Crippen LogP contribution in [0.5, 0.6) is 0 Å². The van der Waals surface area contributed by atoms with E-state index in [1.807, 2.05) is 0 Å². The molecule has 92 valence electrons. The highest BCUT2D eigenvalue weighted by Crippen LogP contribution is 2.61. The van der Waals surface area contributed by atoms with E-state index in [1.165, 1.54) is 38.5 Å². The Kier molecular flexibility index (Phi) is 2.54. The zero-order valence-electron chi connectivity index (χ0n) is 9.81. The second kappa shape index (κ2) is 3.69. The Morgan fingerprint density at radius 2 is 1.50 bits per heavy atom. The summed E-state index contributed by atoms with van der Waals surface area (Å²) in [5, 5.41) is 18.9. The van der Waals surface area contributed by atoms with E-state index in [4.69, 9.17) is 10.8 Å². The Morgan fingerprint density at radius 1 is 1.06 bits per heavy atom. The minimum Gasteiger partial charge on any atom is -0.394 e. The largest absolute Gasteiger partial charge is 0.394 e. The van der Waals surface area contributed by atoms with E-state index in [2.05, 4.69) is 0 Å². The molecule has 4 N–H and O–H groups in total. The van der Waals surface area contributed by atoms with Crippen molar-refractivity contribution in [1.29, 1.82) is 0 Å². The first-order chi connectivity index (χ1) is 7.63. The molecule has 0 amide bonds. The molecule has 2 atom stereocenters. The van der Waals surface area contributed by atoms with E-state index in [0.717, 1.165) is 17.8 Å². The van der Waals surface area contributed by atoms with Gasteiger partial charge in [-0.25, -0.2) is 0 Å². The highest BCUT2D eigenvalue weighted by Gasteiger charge is 2.54. The number of aliphatic hydroxyl groups is 2. The van der Waals surface area contributed by atoms with Crippen molar-refractivity contribution in [3.05, 3.63) is 0 Å². The molecule has 16 heavy (non-hydrogen) atoms. The van der Waals surface area contributed by atoms with Gasteiger partial charge in [0.15, 0.2) is 0 Å². The maximum absolute atomic E-state index is 9.81. The van der Waals surface area contributed by atoms with Crippen molar-refractivity contribution >= 4 is 0 Å². The molecule has 0 aliphatic heterocycles. The molecule has 4 saturated carbocycles. The normalized spacial score (nSPS) is 49.3. The van der Waals surface area contributed by atoms with Gasteiger partial charge in [-0.1, -0.05) is 0 Å². The van der Waals surface area contributed by atoms with Crippen molar-refractivity contribution in [2.45, 2.75) is 50.7 Å². The summed E-state index contributed by atoms with van der Waals surface area (Å²) in [6.45, 7) is -0.192. The molecule has 0 aromatic carbocycles. The molecule has 3 heteroatoms. The van der Waals surface area contributed by atoms with Gasteiger partial charge in [0.1, 0.15) is 0 Å². The van der Waals surface area contributed by atoms with Crippen LogP contribution in [0.2, 0.25) is 0 Å². The first-order valence-corrected chi connectivity index (χ1v) is 6.67. The summed E-state index contributed by atoms with van der Waals surface area (Å²) in [5.41, 5.74) is 6.37. The maximum Gasteiger partial charge on any atom is 0.0926 e. The van der Waals surface area contributed by atoms with Crippen LogP contribution in [0.4, 0.5) is 0 Å². The summed E-state index contributed by atoms with van der Waals surface area (Å²) in [5.74, 6) is 2.55. The monoisotopic (exact) mass is 225 g/mol. The summed E-state index contributed by atoms with van der Waals surface area (Å²) in [4.78, 5) is 0. The fourth-order valence-corrected chi connectivity index (χ4v) is 5.11. The van der Waals surface area contributed by atoms with Gasteiger partial charge >= 0.3 is 0 Å². The van der Waals surface area contributed by atoms with Crippen LogP contribution in [-0.4, -0.2) is 29.0 Å². The van der Waals surface area contributed by atoms with Crippen LogP contribution in [0.3, 0.4) is 0 Å². The van der Waals surface area contributed by atoms with Gasteiger partial charge in [-0.05, 0) is 61.7 Å². The van der Waals surface area contributed by atoms with Crippen molar-refractivity contribution in [2.24, 2.45) is 28.9 Å². The molecule has 0 saturated heterocycles. The third-order valence-corrected chi connectivity index (χ3v) is 5.39. The summed E-state index contributed by atoms with van der Waals surface area (Å²) in [6, 6.07) is -0.217. The first kappa shape index (κ1) is 11.0. The molecular weight excluding hydrogens is 202 g/mol. The Bertz CT molecular complexity index is 244. The molecule has 0 radical (unpaired) electrons. The molecule has 0 unspecified atom stereocenters. The number of nitrogens with two attached hydrogens (primary N) is 1. The van der Waals surface area contributed by atoms with E-state index >= 15 is 0 Å². The lowest BCUT2D eigenvalue weighted by Crippen LogP contribution is -2.59. The molecule has 0 aromatic heterocycles. The SMILES string of the molecule is N[C@H]([C@H](O)CO)C12CC3CC(CC(C3)C1)C2. The molecule has 4 aliphatic rings. The Morgan fingerprint density at radius 3 is 1.88 bits per heavy atom. The number of hydrogen-bond acceptors (Lipinski definition) is 3. The van der Waals surface area contributed by atoms with Crippen LogP contribution in [0.1, 0.15) is 38.5 Å². The highest BCUT2D eigenvalue weighted by molar-refractivity contribution is 5.06. The van der Waals surface area contributed by atoms with E-state index in [9.17, 15) is 5.11 Å². The fraction of sp³-hybridized carbons (Fsp3) is 1.00. The summed E-state index contributed by atoms with van der Waals surface area (Å²) in [6.07, 6.45) is 7.02. The molecular formula is C13H23NO2. The highest BCUT2D eigenvalue weighted by atomic mass is 16.3. The quantitative estimate of drug-likeness (QED) is 0.668. The van der Waals surface area contributed by atoms with Crippen molar-refractivity contribution in [1.82, 2.24) is 0 Å². The van der Waals surface area contributed by atoms with Gasteiger partial charge in [-0.15, -0.1) is 0 Å². The predicted molar refractivity (Wildman–Crippen MR) is 61.7 cm³/mol. The summed E-state index contributed by atoms with van der Waals surface area (Å²) < 4.78 is 0. The van der Waals surface area contributed by atoms with Gasteiger partial charge < -0.3 is 15.9 Å². The standard InChI is InChI=1S/C13H23NO2/c14-12(11(16)7-15)13-4-8-1-9(5-13)3-10(2-8)6-13/h8-12,15-16H,1-7,14H2/t8?,9?,10?,11-,12-,13?/m1/s1. The maximum atomic E-state index is 9.81. The van der Waals surface area contributed by atoms with Crippen molar-refractivity contribution in [3.63, 3.8) is 0 Å². The van der Waals surface area contributed by atoms with Crippen LogP contribution in [0, 0.1) is 23.2 Å². The zero-order valence-corrected chi connectivity index (χ0v) is 9.81. The molecule has 4 aliphatic carbocycles. The van der Waals surface area contributed by atoms with E-state index in [0.29, 0.717) is 0 Å². The van der Waals surface area contributed by atoms with Crippen LogP contribution < -0.4 is 5.73 Å². The Hall–Kier alpha value is -0.120. The average Bonchev–Trinajstić information content (AvgIpc) is 2.25. The van der Waals surface area contributed by atoms with Gasteiger partial charge in [0.05, 0.1) is 12.7 Å². The lowest BCUT2D eigenvalue weighted by Gasteiger charge is -2.59. The average molecular weight is 225 g/mol. The lowest BCUT2D eigenvalue weighted by molar-refractivity contribution is -0.0952. The van der Waals surface area contributed by atoms with Crippen molar-refractivity contribution in [3.8, 4) is 0 Å². The van der Waals surface area contributed by atoms with Gasteiger partial charge in [-0.2, -0.15) is 0 Å². The minimum atomic E-state index is -0.726. The molecule has 0 spiro atoms. The number of rotatable bonds is 3. The van der Waals surface area contributed by atoms with Crippen LogP contribution in [-0.2, 0) is 0 Å². The lowest BCUT2D eigenvalue weighted by atomic mass is 9.47. The van der Waals surface area contributed by atoms with Gasteiger partial charge in [0.25, 0.3) is 0 Å². The second-order valence-electron chi connectivity index (χ2n) is 6.56. The van der Waals surface area contributed by atoms with Gasteiger partial charge in [-0.3, -0.25) is 0 Å². The van der Waals surface area contributed by atoms with E-state index in [1.54, 1.807) is 0 Å². The number of aliphatic hydroxyl groups excluding tert-OH is 2. The summed E-state index contributed by atoms with van der Waals surface area (Å²) in [7, 11) is 0. The summed E-state index contributed by atoms with van der Waals surface area (Å²) >= 11 is 0. The zero-order chi connectivity index (χ0) is 11.3. The fourth-order valence-electron chi connectivity index (χ4n) is 5.11. The topological polar surface area (TPSA) is 66.5 Å². The number of hydrogen-bond donors (Lipinski definition) is 3. The molecule has 0 aromatic rings. The second-order valence-corrected chi connectivity index (χ2v) is 6.56. The molecule has 3 nitrogen and oxygen atoms in total. The Labute approximate surface area is 97.0 Å². The van der Waals surface area contributed by atoms with Gasteiger partial charge in [0, 0.05) is 6.04 Å². The van der Waals surface area contributed by atoms with E-state index in [-0.39, 0.29) is 18.1 Å². The van der Waals surface area contributed by atoms with Crippen LogP contribution in [0.25, 0.3) is 0 Å². The van der Waals surface area contributed by atoms with E-state index < -0.39 is 6.10 Å². The first-order valence-electron chi connectivity index (χ1n) is 6.67. The van der Waals surface area contributed by atoms with Gasteiger partial charge in [0.2, 0.25) is 0 Å². The molecule has 4 fully saturated rings. The smallest absolute Gasteiger partial charge is 0.0926 e. The third kappa shape index (κ3) is 1.52. The third-order valence-electron chi connectivity index (χ3n) is 5.39. The predicted octanol–water partition coefficient (Wildman–Crippen LogP) is 0.883. The van der Waals surface area contributed by atoms with Crippen molar-refractivity contribution in [2.75, 3.05) is 6.61 Å². The van der Waals surface area contributed by atoms with Crippen molar-refractivity contribution < 1.29 is 10.2 Å².